The van der Waals surface area contributed by atoms with Crippen LogP contribution in [0.1, 0.15) is 37.9 Å². The van der Waals surface area contributed by atoms with Crippen molar-refractivity contribution in [3.05, 3.63) is 59.9 Å². The number of carbonyl (C=O) groups is 2. The molecule has 160 valence electrons. The largest absolute Gasteiger partial charge is 0.491 e. The third-order valence-electron chi connectivity index (χ3n) is 5.24. The maximum Gasteiger partial charge on any atom is 0.224 e. The Kier molecular flexibility index (Phi) is 7.82. The lowest BCUT2D eigenvalue weighted by molar-refractivity contribution is -0.138. The highest BCUT2D eigenvalue weighted by Gasteiger charge is 2.29. The predicted molar refractivity (Wildman–Crippen MR) is 116 cm³/mol. The second-order valence-electron chi connectivity index (χ2n) is 8.00. The summed E-state index contributed by atoms with van der Waals surface area (Å²) in [5, 5.41) is 3.04. The Morgan fingerprint density at radius 2 is 2.00 bits per heavy atom. The van der Waals surface area contributed by atoms with Crippen LogP contribution in [-0.4, -0.2) is 47.4 Å². The number of nitrogens with one attached hydrogen (secondary N) is 1. The van der Waals surface area contributed by atoms with Crippen LogP contribution >= 0.6 is 0 Å². The summed E-state index contributed by atoms with van der Waals surface area (Å²) in [5.74, 6) is 0.868. The zero-order valence-electron chi connectivity index (χ0n) is 17.8. The summed E-state index contributed by atoms with van der Waals surface area (Å²) in [4.78, 5) is 31.0. The Morgan fingerprint density at radius 3 is 2.70 bits per heavy atom. The number of aromatic nitrogens is 1. The lowest BCUT2D eigenvalue weighted by atomic mass is 9.96. The number of piperidine rings is 1. The van der Waals surface area contributed by atoms with E-state index >= 15 is 0 Å². The number of benzene rings is 1. The highest BCUT2D eigenvalue weighted by atomic mass is 16.5. The number of hydrogen-bond donors (Lipinski definition) is 1. The zero-order valence-corrected chi connectivity index (χ0v) is 17.8. The summed E-state index contributed by atoms with van der Waals surface area (Å²) in [6, 6.07) is 13.8. The van der Waals surface area contributed by atoms with Crippen molar-refractivity contribution in [3.63, 3.8) is 0 Å². The van der Waals surface area contributed by atoms with Crippen LogP contribution in [0.3, 0.4) is 0 Å². The van der Waals surface area contributed by atoms with Crippen molar-refractivity contribution in [1.82, 2.24) is 15.2 Å². The summed E-state index contributed by atoms with van der Waals surface area (Å²) in [6.45, 7) is 5.68. The van der Waals surface area contributed by atoms with Crippen molar-refractivity contribution in [2.24, 2.45) is 5.92 Å². The van der Waals surface area contributed by atoms with E-state index in [1.807, 2.05) is 56.3 Å². The molecule has 1 aromatic heterocycles. The van der Waals surface area contributed by atoms with E-state index in [0.717, 1.165) is 23.4 Å². The molecule has 1 saturated heterocycles. The molecule has 6 heteroatoms. The van der Waals surface area contributed by atoms with Gasteiger partial charge in [0.05, 0.1) is 12.0 Å². The minimum atomic E-state index is -0.145. The minimum absolute atomic E-state index is 0.0325. The van der Waals surface area contributed by atoms with Crippen LogP contribution in [0.5, 0.6) is 5.75 Å². The number of rotatable bonds is 9. The SMILES string of the molecule is CC(C)Oc1ccc(CCNC(=O)[C@H]2CCC(=O)N(CCc3ccccn3)C2)cc1. The normalized spacial score (nSPS) is 16.6. The molecule has 0 saturated carbocycles. The van der Waals surface area contributed by atoms with Gasteiger partial charge in [-0.15, -0.1) is 0 Å². The van der Waals surface area contributed by atoms with Gasteiger partial charge in [-0.05, 0) is 56.5 Å². The summed E-state index contributed by atoms with van der Waals surface area (Å²) < 4.78 is 5.65. The fourth-order valence-electron chi connectivity index (χ4n) is 3.62. The van der Waals surface area contributed by atoms with Crippen LogP contribution in [0.15, 0.2) is 48.7 Å². The maximum atomic E-state index is 12.6. The molecule has 6 nitrogen and oxygen atoms in total. The van der Waals surface area contributed by atoms with Crippen molar-refractivity contribution in [1.29, 1.82) is 0 Å². The summed E-state index contributed by atoms with van der Waals surface area (Å²) >= 11 is 0. The van der Waals surface area contributed by atoms with E-state index in [9.17, 15) is 9.59 Å². The number of hydrogen-bond acceptors (Lipinski definition) is 4. The molecule has 0 radical (unpaired) electrons. The Balaban J connectivity index is 1.42. The number of pyridine rings is 1. The van der Waals surface area contributed by atoms with E-state index in [2.05, 4.69) is 10.3 Å². The van der Waals surface area contributed by atoms with Gasteiger partial charge in [-0.3, -0.25) is 14.6 Å². The molecule has 0 bridgehead atoms. The Morgan fingerprint density at radius 1 is 1.20 bits per heavy atom. The third-order valence-corrected chi connectivity index (χ3v) is 5.24. The highest BCUT2D eigenvalue weighted by Crippen LogP contribution is 2.18. The average Bonchev–Trinajstić information content (AvgIpc) is 2.74. The van der Waals surface area contributed by atoms with E-state index in [1.54, 1.807) is 11.1 Å². The van der Waals surface area contributed by atoms with Crippen LogP contribution in [0.25, 0.3) is 0 Å². The number of likely N-dealkylation sites (tertiary alicyclic amines) is 1. The topological polar surface area (TPSA) is 71.5 Å². The van der Waals surface area contributed by atoms with E-state index in [4.69, 9.17) is 4.74 Å². The van der Waals surface area contributed by atoms with E-state index in [0.29, 0.717) is 38.9 Å². The van der Waals surface area contributed by atoms with Gasteiger partial charge in [-0.2, -0.15) is 0 Å². The van der Waals surface area contributed by atoms with Crippen molar-refractivity contribution in [2.45, 2.75) is 45.6 Å². The molecule has 1 atom stereocenters. The second-order valence-corrected chi connectivity index (χ2v) is 8.00. The van der Waals surface area contributed by atoms with Crippen LogP contribution in [0.2, 0.25) is 0 Å². The zero-order chi connectivity index (χ0) is 21.3. The molecule has 0 spiro atoms. The smallest absolute Gasteiger partial charge is 0.224 e. The van der Waals surface area contributed by atoms with Gasteiger partial charge >= 0.3 is 0 Å². The molecule has 1 N–H and O–H groups in total. The monoisotopic (exact) mass is 409 g/mol. The first-order valence-electron chi connectivity index (χ1n) is 10.7. The molecule has 2 aromatic rings. The molecule has 1 aliphatic heterocycles. The van der Waals surface area contributed by atoms with Crippen molar-refractivity contribution >= 4 is 11.8 Å². The molecule has 2 heterocycles. The van der Waals surface area contributed by atoms with Crippen LogP contribution in [0, 0.1) is 5.92 Å². The quantitative estimate of drug-likeness (QED) is 0.691. The molecular formula is C24H31N3O3. The fraction of sp³-hybridized carbons (Fsp3) is 0.458. The highest BCUT2D eigenvalue weighted by molar-refractivity contribution is 5.83. The molecule has 3 rings (SSSR count). The lowest BCUT2D eigenvalue weighted by Gasteiger charge is -2.32. The number of amides is 2. The van der Waals surface area contributed by atoms with Crippen molar-refractivity contribution in [2.75, 3.05) is 19.6 Å². The molecule has 1 aromatic carbocycles. The van der Waals surface area contributed by atoms with Gasteiger partial charge in [-0.1, -0.05) is 18.2 Å². The number of carbonyl (C=O) groups excluding carboxylic acids is 2. The van der Waals surface area contributed by atoms with Crippen molar-refractivity contribution < 1.29 is 14.3 Å². The van der Waals surface area contributed by atoms with Crippen molar-refractivity contribution in [3.8, 4) is 5.75 Å². The van der Waals surface area contributed by atoms with E-state index < -0.39 is 0 Å². The van der Waals surface area contributed by atoms with Gasteiger partial charge in [0.15, 0.2) is 0 Å². The Bertz CT molecular complexity index is 821. The van der Waals surface area contributed by atoms with Gasteiger partial charge < -0.3 is 15.0 Å². The van der Waals surface area contributed by atoms with Gasteiger partial charge in [0.1, 0.15) is 5.75 Å². The maximum absolute atomic E-state index is 12.6. The van der Waals surface area contributed by atoms with Gasteiger partial charge in [-0.25, -0.2) is 0 Å². The van der Waals surface area contributed by atoms with E-state index in [-0.39, 0.29) is 23.8 Å². The first-order valence-corrected chi connectivity index (χ1v) is 10.7. The Labute approximate surface area is 178 Å². The minimum Gasteiger partial charge on any atom is -0.491 e. The molecule has 1 aliphatic rings. The predicted octanol–water partition coefficient (Wildman–Crippen LogP) is 3.01. The van der Waals surface area contributed by atoms with Gasteiger partial charge in [0.25, 0.3) is 0 Å². The molecule has 1 fully saturated rings. The first-order chi connectivity index (χ1) is 14.5. The summed E-state index contributed by atoms with van der Waals surface area (Å²) in [6.07, 6.45) is 4.43. The third kappa shape index (κ3) is 6.58. The summed E-state index contributed by atoms with van der Waals surface area (Å²) in [7, 11) is 0. The number of ether oxygens (including phenoxy) is 1. The number of nitrogens with zero attached hydrogens (tertiary/aromatic N) is 2. The van der Waals surface area contributed by atoms with Crippen LogP contribution < -0.4 is 10.1 Å². The van der Waals surface area contributed by atoms with E-state index in [1.165, 1.54) is 0 Å². The Hall–Kier alpha value is -2.89. The van der Waals surface area contributed by atoms with Crippen LogP contribution in [-0.2, 0) is 22.4 Å². The molecule has 0 aliphatic carbocycles. The van der Waals surface area contributed by atoms with Gasteiger partial charge in [0, 0.05) is 44.4 Å². The molecule has 2 amide bonds. The molecule has 30 heavy (non-hydrogen) atoms. The molecular weight excluding hydrogens is 378 g/mol. The van der Waals surface area contributed by atoms with Crippen LogP contribution in [0.4, 0.5) is 0 Å². The second kappa shape index (κ2) is 10.8. The lowest BCUT2D eigenvalue weighted by Crippen LogP contribution is -2.46. The standard InChI is InChI=1S/C24H31N3O3/c1-18(2)30-22-9-6-19(7-10-22)12-15-26-24(29)20-8-11-23(28)27(17-20)16-13-21-5-3-4-14-25-21/h3-7,9-10,14,18,20H,8,11-13,15-17H2,1-2H3,(H,26,29)/t20-/m0/s1. The summed E-state index contributed by atoms with van der Waals surface area (Å²) in [5.41, 5.74) is 2.11. The first kappa shape index (κ1) is 21.8. The molecule has 0 unspecified atom stereocenters. The average molecular weight is 410 g/mol. The fourth-order valence-corrected chi connectivity index (χ4v) is 3.62. The van der Waals surface area contributed by atoms with Gasteiger partial charge in [0.2, 0.25) is 11.8 Å².